The van der Waals surface area contributed by atoms with Crippen LogP contribution in [-0.4, -0.2) is 11.2 Å². The molecule has 0 spiro atoms. The van der Waals surface area contributed by atoms with Crippen LogP contribution in [0.1, 0.15) is 40.0 Å². The normalized spacial score (nSPS) is 14.5. The van der Waals surface area contributed by atoms with E-state index in [2.05, 4.69) is 27.4 Å². The van der Waals surface area contributed by atoms with Crippen LogP contribution in [0.2, 0.25) is 0 Å². The third-order valence-corrected chi connectivity index (χ3v) is 2.20. The van der Waals surface area contributed by atoms with Gasteiger partial charge in [0.25, 0.3) is 0 Å². The van der Waals surface area contributed by atoms with Crippen molar-refractivity contribution in [3.05, 3.63) is 12.7 Å². The maximum Gasteiger partial charge on any atom is 0.0769 e. The van der Waals surface area contributed by atoms with Crippen molar-refractivity contribution < 1.29 is 5.11 Å². The van der Waals surface area contributed by atoms with Gasteiger partial charge in [0, 0.05) is 0 Å². The van der Waals surface area contributed by atoms with E-state index in [1.807, 2.05) is 0 Å². The molecule has 0 bridgehead atoms. The average molecular weight is 156 g/mol. The maximum absolute atomic E-state index is 9.49. The lowest BCUT2D eigenvalue weighted by molar-refractivity contribution is 0.0819. The molecule has 0 aromatic heterocycles. The summed E-state index contributed by atoms with van der Waals surface area (Å²) in [6.45, 7) is 9.90. The molecule has 0 rings (SSSR count). The van der Waals surface area contributed by atoms with E-state index >= 15 is 0 Å². The van der Waals surface area contributed by atoms with E-state index in [0.29, 0.717) is 0 Å². The number of hydrogen-bond acceptors (Lipinski definition) is 1. The van der Waals surface area contributed by atoms with Crippen LogP contribution in [-0.2, 0) is 0 Å². The summed E-state index contributed by atoms with van der Waals surface area (Å²) < 4.78 is 0. The molecular weight excluding hydrogens is 136 g/mol. The van der Waals surface area contributed by atoms with E-state index in [1.165, 1.54) is 12.8 Å². The van der Waals surface area contributed by atoms with E-state index in [0.717, 1.165) is 6.42 Å². The minimum absolute atomic E-state index is 0.00222. The molecule has 0 aliphatic rings. The second kappa shape index (κ2) is 4.55. The van der Waals surface area contributed by atoms with Gasteiger partial charge in [-0.1, -0.05) is 39.7 Å². The second-order valence-electron chi connectivity index (χ2n) is 3.77. The summed E-state index contributed by atoms with van der Waals surface area (Å²) >= 11 is 0. The molecule has 0 aromatic carbocycles. The van der Waals surface area contributed by atoms with Gasteiger partial charge in [-0.15, -0.1) is 6.58 Å². The van der Waals surface area contributed by atoms with Crippen molar-refractivity contribution in [3.8, 4) is 0 Å². The zero-order valence-electron chi connectivity index (χ0n) is 7.93. The summed E-state index contributed by atoms with van der Waals surface area (Å²) in [5, 5.41) is 9.49. The van der Waals surface area contributed by atoms with Crippen molar-refractivity contribution in [2.45, 2.75) is 46.1 Å². The Balaban J connectivity index is 3.87. The summed E-state index contributed by atoms with van der Waals surface area (Å²) in [6.07, 6.45) is 4.69. The summed E-state index contributed by atoms with van der Waals surface area (Å²) in [4.78, 5) is 0. The number of unbranched alkanes of at least 4 members (excludes halogenated alkanes) is 1. The van der Waals surface area contributed by atoms with Gasteiger partial charge in [0.1, 0.15) is 0 Å². The molecule has 1 N–H and O–H groups in total. The molecule has 0 radical (unpaired) electrons. The zero-order chi connectivity index (χ0) is 8.91. The number of aliphatic hydroxyl groups excluding tert-OH is 1. The van der Waals surface area contributed by atoms with Crippen LogP contribution in [0.3, 0.4) is 0 Å². The molecule has 0 fully saturated rings. The molecule has 0 saturated carbocycles. The zero-order valence-corrected chi connectivity index (χ0v) is 7.93. The molecular formula is C10H20O. The molecule has 0 aliphatic heterocycles. The average Bonchev–Trinajstić information content (AvgIpc) is 1.99. The molecule has 0 amide bonds. The molecule has 1 heteroatoms. The van der Waals surface area contributed by atoms with Gasteiger partial charge in [-0.3, -0.25) is 0 Å². The number of hydrogen-bond donors (Lipinski definition) is 1. The van der Waals surface area contributed by atoms with Crippen LogP contribution in [0.4, 0.5) is 0 Å². The van der Waals surface area contributed by atoms with Gasteiger partial charge in [-0.05, 0) is 11.8 Å². The van der Waals surface area contributed by atoms with Gasteiger partial charge in [0.05, 0.1) is 6.10 Å². The van der Waals surface area contributed by atoms with Gasteiger partial charge in [0.2, 0.25) is 0 Å². The lowest BCUT2D eigenvalue weighted by atomic mass is 9.82. The quantitative estimate of drug-likeness (QED) is 0.607. The monoisotopic (exact) mass is 156 g/mol. The molecule has 66 valence electrons. The van der Waals surface area contributed by atoms with E-state index in [-0.39, 0.29) is 11.5 Å². The second-order valence-corrected chi connectivity index (χ2v) is 3.77. The lowest BCUT2D eigenvalue weighted by Crippen LogP contribution is -2.26. The summed E-state index contributed by atoms with van der Waals surface area (Å²) in [5.74, 6) is 0. The topological polar surface area (TPSA) is 20.2 Å². The highest BCUT2D eigenvalue weighted by Gasteiger charge is 2.24. The summed E-state index contributed by atoms with van der Waals surface area (Å²) in [6, 6.07) is 0. The Labute approximate surface area is 70.1 Å². The molecule has 11 heavy (non-hydrogen) atoms. The third-order valence-electron chi connectivity index (χ3n) is 2.20. The fourth-order valence-corrected chi connectivity index (χ4v) is 1.10. The number of aliphatic hydroxyl groups is 1. The molecule has 0 heterocycles. The van der Waals surface area contributed by atoms with E-state index in [1.54, 1.807) is 6.08 Å². The smallest absolute Gasteiger partial charge is 0.0769 e. The highest BCUT2D eigenvalue weighted by Crippen LogP contribution is 2.27. The first-order valence-electron chi connectivity index (χ1n) is 4.35. The predicted molar refractivity (Wildman–Crippen MR) is 49.5 cm³/mol. The first-order valence-corrected chi connectivity index (χ1v) is 4.35. The Morgan fingerprint density at radius 1 is 1.55 bits per heavy atom. The van der Waals surface area contributed by atoms with E-state index in [4.69, 9.17) is 0 Å². The van der Waals surface area contributed by atoms with Gasteiger partial charge in [0.15, 0.2) is 0 Å². The molecule has 1 nitrogen and oxygen atoms in total. The Morgan fingerprint density at radius 2 is 2.09 bits per heavy atom. The highest BCUT2D eigenvalue weighted by molar-refractivity contribution is 4.89. The Kier molecular flexibility index (Phi) is 4.43. The van der Waals surface area contributed by atoms with Gasteiger partial charge in [-0.25, -0.2) is 0 Å². The third kappa shape index (κ3) is 3.57. The van der Waals surface area contributed by atoms with Crippen LogP contribution in [0.25, 0.3) is 0 Å². The predicted octanol–water partition coefficient (Wildman–Crippen LogP) is 2.75. The van der Waals surface area contributed by atoms with Crippen molar-refractivity contribution in [2.75, 3.05) is 0 Å². The molecule has 1 unspecified atom stereocenters. The Morgan fingerprint density at radius 3 is 2.45 bits per heavy atom. The summed E-state index contributed by atoms with van der Waals surface area (Å²) in [7, 11) is 0. The fourth-order valence-electron chi connectivity index (χ4n) is 1.10. The number of rotatable bonds is 5. The van der Waals surface area contributed by atoms with Crippen molar-refractivity contribution in [1.82, 2.24) is 0 Å². The van der Waals surface area contributed by atoms with E-state index < -0.39 is 0 Å². The van der Waals surface area contributed by atoms with Gasteiger partial charge < -0.3 is 5.11 Å². The maximum atomic E-state index is 9.49. The fraction of sp³-hybridized carbons (Fsp3) is 0.800. The Hall–Kier alpha value is -0.300. The molecule has 0 aromatic rings. The first kappa shape index (κ1) is 10.7. The highest BCUT2D eigenvalue weighted by atomic mass is 16.3. The SMILES string of the molecule is C=CC(O)C(C)(C)CCCC. The summed E-state index contributed by atoms with van der Waals surface area (Å²) in [5.41, 5.74) is -0.00222. The standard InChI is InChI=1S/C10H20O/c1-5-7-8-10(3,4)9(11)6-2/h6,9,11H,2,5,7-8H2,1,3-4H3. The van der Waals surface area contributed by atoms with Crippen molar-refractivity contribution in [2.24, 2.45) is 5.41 Å². The van der Waals surface area contributed by atoms with Crippen molar-refractivity contribution in [1.29, 1.82) is 0 Å². The van der Waals surface area contributed by atoms with Crippen LogP contribution in [0.5, 0.6) is 0 Å². The van der Waals surface area contributed by atoms with Crippen LogP contribution >= 0.6 is 0 Å². The van der Waals surface area contributed by atoms with Crippen molar-refractivity contribution >= 4 is 0 Å². The largest absolute Gasteiger partial charge is 0.388 e. The lowest BCUT2D eigenvalue weighted by Gasteiger charge is -2.28. The molecule has 1 atom stereocenters. The van der Waals surface area contributed by atoms with Crippen LogP contribution in [0, 0.1) is 5.41 Å². The van der Waals surface area contributed by atoms with Crippen LogP contribution in [0.15, 0.2) is 12.7 Å². The first-order chi connectivity index (χ1) is 5.04. The molecule has 0 aliphatic carbocycles. The van der Waals surface area contributed by atoms with Gasteiger partial charge in [-0.2, -0.15) is 0 Å². The molecule has 0 saturated heterocycles. The van der Waals surface area contributed by atoms with Gasteiger partial charge >= 0.3 is 0 Å². The van der Waals surface area contributed by atoms with Crippen molar-refractivity contribution in [3.63, 3.8) is 0 Å². The Bertz CT molecular complexity index is 116. The minimum atomic E-state index is -0.367. The van der Waals surface area contributed by atoms with Crippen LogP contribution < -0.4 is 0 Å². The minimum Gasteiger partial charge on any atom is -0.388 e. The van der Waals surface area contributed by atoms with E-state index in [9.17, 15) is 5.11 Å².